The maximum Gasteiger partial charge on any atom is 0.355 e. The van der Waals surface area contributed by atoms with Crippen molar-refractivity contribution in [1.82, 2.24) is 4.98 Å². The Balaban J connectivity index is 2.14. The van der Waals surface area contributed by atoms with E-state index in [0.717, 1.165) is 18.2 Å². The first-order chi connectivity index (χ1) is 7.48. The van der Waals surface area contributed by atoms with Gasteiger partial charge in [-0.2, -0.15) is 0 Å². The first-order valence-corrected chi connectivity index (χ1v) is 5.94. The van der Waals surface area contributed by atoms with E-state index in [4.69, 9.17) is 9.84 Å². The summed E-state index contributed by atoms with van der Waals surface area (Å²) in [5, 5.41) is 11.1. The highest BCUT2D eigenvalue weighted by Gasteiger charge is 2.28. The Kier molecular flexibility index (Phi) is 2.86. The zero-order valence-corrected chi connectivity index (χ0v) is 10.1. The molecule has 0 aromatic carbocycles. The summed E-state index contributed by atoms with van der Waals surface area (Å²) >= 11 is 1.36. The number of carbonyl (C=O) groups is 1. The average Bonchev–Trinajstić information content (AvgIpc) is 2.64. The van der Waals surface area contributed by atoms with E-state index in [1.54, 1.807) is 5.38 Å². The van der Waals surface area contributed by atoms with Gasteiger partial charge in [-0.1, -0.05) is 0 Å². The minimum Gasteiger partial charge on any atom is -0.476 e. The van der Waals surface area contributed by atoms with Crippen LogP contribution in [0.3, 0.4) is 0 Å². The molecule has 1 saturated heterocycles. The summed E-state index contributed by atoms with van der Waals surface area (Å²) in [4.78, 5) is 16.9. The van der Waals surface area contributed by atoms with E-state index >= 15 is 0 Å². The predicted molar refractivity (Wildman–Crippen MR) is 61.3 cm³/mol. The van der Waals surface area contributed by atoms with Gasteiger partial charge in [-0.3, -0.25) is 0 Å². The monoisotopic (exact) mass is 242 g/mol. The molecule has 0 bridgehead atoms. The molecule has 88 valence electrons. The van der Waals surface area contributed by atoms with E-state index in [9.17, 15) is 4.79 Å². The third-order valence-corrected chi connectivity index (χ3v) is 3.31. The number of hydrogen-bond acceptors (Lipinski definition) is 5. The molecule has 1 aromatic heterocycles. The minimum absolute atomic E-state index is 0.115. The Morgan fingerprint density at radius 2 is 2.44 bits per heavy atom. The molecule has 5 nitrogen and oxygen atoms in total. The van der Waals surface area contributed by atoms with Crippen molar-refractivity contribution in [2.75, 3.05) is 24.6 Å². The molecule has 0 amide bonds. The van der Waals surface area contributed by atoms with Gasteiger partial charge in [-0.15, -0.1) is 11.3 Å². The number of carboxylic acids is 1. The van der Waals surface area contributed by atoms with Gasteiger partial charge in [0.15, 0.2) is 10.8 Å². The van der Waals surface area contributed by atoms with E-state index in [0.29, 0.717) is 6.61 Å². The van der Waals surface area contributed by atoms with Crippen LogP contribution in [0.25, 0.3) is 0 Å². The number of ether oxygens (including phenoxy) is 1. The molecule has 0 atom stereocenters. The molecular weight excluding hydrogens is 228 g/mol. The summed E-state index contributed by atoms with van der Waals surface area (Å²) in [5.41, 5.74) is -0.0860. The number of carboxylic acid groups (broad SMARTS) is 1. The normalized spacial score (nSPS) is 19.8. The van der Waals surface area contributed by atoms with Crippen molar-refractivity contribution in [3.8, 4) is 0 Å². The van der Waals surface area contributed by atoms with Crippen LogP contribution in [-0.4, -0.2) is 41.4 Å². The lowest BCUT2D eigenvalue weighted by atomic mass is 10.1. The van der Waals surface area contributed by atoms with Gasteiger partial charge in [-0.05, 0) is 13.8 Å². The lowest BCUT2D eigenvalue weighted by Crippen LogP contribution is -2.48. The maximum atomic E-state index is 10.7. The van der Waals surface area contributed by atoms with Crippen LogP contribution in [-0.2, 0) is 4.74 Å². The summed E-state index contributed by atoms with van der Waals surface area (Å²) in [5.74, 6) is -0.977. The number of aromatic nitrogens is 1. The second kappa shape index (κ2) is 4.03. The van der Waals surface area contributed by atoms with Crippen molar-refractivity contribution < 1.29 is 14.6 Å². The van der Waals surface area contributed by atoms with Crippen LogP contribution in [0.15, 0.2) is 5.38 Å². The molecule has 1 aromatic rings. The second-order valence-corrected chi connectivity index (χ2v) is 5.19. The number of morpholine rings is 1. The summed E-state index contributed by atoms with van der Waals surface area (Å²) in [6, 6.07) is 0. The van der Waals surface area contributed by atoms with Gasteiger partial charge in [0.25, 0.3) is 0 Å². The van der Waals surface area contributed by atoms with Crippen LogP contribution in [0.4, 0.5) is 5.13 Å². The van der Waals surface area contributed by atoms with E-state index in [1.165, 1.54) is 11.3 Å². The lowest BCUT2D eigenvalue weighted by Gasteiger charge is -2.37. The first-order valence-electron chi connectivity index (χ1n) is 5.06. The molecule has 2 heterocycles. The summed E-state index contributed by atoms with van der Waals surface area (Å²) in [7, 11) is 0. The molecule has 16 heavy (non-hydrogen) atoms. The quantitative estimate of drug-likeness (QED) is 0.850. The lowest BCUT2D eigenvalue weighted by molar-refractivity contribution is -0.0277. The average molecular weight is 242 g/mol. The van der Waals surface area contributed by atoms with Crippen molar-refractivity contribution >= 4 is 22.4 Å². The first kappa shape index (κ1) is 11.3. The predicted octanol–water partition coefficient (Wildman–Crippen LogP) is 1.46. The summed E-state index contributed by atoms with van der Waals surface area (Å²) in [6.45, 7) is 6.18. The zero-order valence-electron chi connectivity index (χ0n) is 9.27. The van der Waals surface area contributed by atoms with Crippen molar-refractivity contribution in [3.05, 3.63) is 11.1 Å². The zero-order chi connectivity index (χ0) is 11.8. The van der Waals surface area contributed by atoms with Gasteiger partial charge in [0.1, 0.15) is 0 Å². The Bertz CT molecular complexity index is 403. The van der Waals surface area contributed by atoms with Crippen LogP contribution in [0.2, 0.25) is 0 Å². The molecule has 2 rings (SSSR count). The van der Waals surface area contributed by atoms with Gasteiger partial charge >= 0.3 is 5.97 Å². The molecule has 1 N–H and O–H groups in total. The van der Waals surface area contributed by atoms with Gasteiger partial charge in [0.2, 0.25) is 0 Å². The minimum atomic E-state index is -0.977. The molecule has 0 unspecified atom stereocenters. The molecule has 6 heteroatoms. The molecular formula is C10H14N2O3S. The number of thiazole rings is 1. The highest BCUT2D eigenvalue weighted by Crippen LogP contribution is 2.26. The van der Waals surface area contributed by atoms with Gasteiger partial charge in [0.05, 0.1) is 12.2 Å². The van der Waals surface area contributed by atoms with Crippen LogP contribution in [0, 0.1) is 0 Å². The summed E-state index contributed by atoms with van der Waals surface area (Å²) < 4.78 is 5.59. The third kappa shape index (κ3) is 2.33. The van der Waals surface area contributed by atoms with Crippen LogP contribution in [0.1, 0.15) is 24.3 Å². The molecule has 0 saturated carbocycles. The molecule has 1 aliphatic rings. The van der Waals surface area contributed by atoms with Crippen LogP contribution < -0.4 is 4.90 Å². The van der Waals surface area contributed by atoms with Crippen molar-refractivity contribution in [2.45, 2.75) is 19.4 Å². The Morgan fingerprint density at radius 3 is 3.00 bits per heavy atom. The molecule has 0 radical (unpaired) electrons. The third-order valence-electron chi connectivity index (χ3n) is 2.41. The number of rotatable bonds is 2. The van der Waals surface area contributed by atoms with Gasteiger partial charge in [0, 0.05) is 18.5 Å². The Hall–Kier alpha value is -1.14. The fourth-order valence-corrected chi connectivity index (χ4v) is 2.51. The fourth-order valence-electron chi connectivity index (χ4n) is 1.69. The van der Waals surface area contributed by atoms with E-state index in [-0.39, 0.29) is 11.3 Å². The highest BCUT2D eigenvalue weighted by atomic mass is 32.1. The Morgan fingerprint density at radius 1 is 1.69 bits per heavy atom. The summed E-state index contributed by atoms with van der Waals surface area (Å²) in [6.07, 6.45) is 0. The van der Waals surface area contributed by atoms with E-state index in [2.05, 4.69) is 9.88 Å². The van der Waals surface area contributed by atoms with Gasteiger partial charge in [-0.25, -0.2) is 9.78 Å². The number of anilines is 1. The highest BCUT2D eigenvalue weighted by molar-refractivity contribution is 7.13. The van der Waals surface area contributed by atoms with Crippen molar-refractivity contribution in [3.63, 3.8) is 0 Å². The van der Waals surface area contributed by atoms with Gasteiger partial charge < -0.3 is 14.7 Å². The number of hydrogen-bond donors (Lipinski definition) is 1. The smallest absolute Gasteiger partial charge is 0.355 e. The van der Waals surface area contributed by atoms with Crippen LogP contribution in [0.5, 0.6) is 0 Å². The van der Waals surface area contributed by atoms with Crippen molar-refractivity contribution in [2.24, 2.45) is 0 Å². The van der Waals surface area contributed by atoms with Crippen molar-refractivity contribution in [1.29, 1.82) is 0 Å². The molecule has 1 fully saturated rings. The topological polar surface area (TPSA) is 62.7 Å². The maximum absolute atomic E-state index is 10.7. The molecule has 0 spiro atoms. The Labute approximate surface area is 97.7 Å². The van der Waals surface area contributed by atoms with Crippen LogP contribution >= 0.6 is 11.3 Å². The largest absolute Gasteiger partial charge is 0.476 e. The second-order valence-electron chi connectivity index (χ2n) is 4.35. The standard InChI is InChI=1S/C10H14N2O3S/c1-10(2)6-12(3-4-15-10)9-11-7(5-16-9)8(13)14/h5H,3-4,6H2,1-2H3,(H,13,14). The fraction of sp³-hybridized carbons (Fsp3) is 0.600. The van der Waals surface area contributed by atoms with E-state index < -0.39 is 5.97 Å². The number of nitrogens with zero attached hydrogens (tertiary/aromatic N) is 2. The van der Waals surface area contributed by atoms with E-state index in [1.807, 2.05) is 13.8 Å². The SMILES string of the molecule is CC1(C)CN(c2nc(C(=O)O)cs2)CCO1. The number of aromatic carboxylic acids is 1. The molecule has 0 aliphatic carbocycles. The molecule has 1 aliphatic heterocycles.